The maximum Gasteiger partial charge on any atom is 0.331 e. The highest BCUT2D eigenvalue weighted by atomic mass is 16.2. The zero-order valence-corrected chi connectivity index (χ0v) is 8.18. The molecule has 0 saturated carbocycles. The topological polar surface area (TPSA) is 65.3 Å². The second kappa shape index (κ2) is 2.40. The Balaban J connectivity index is 2.53. The third-order valence-corrected chi connectivity index (χ3v) is 2.54. The predicted molar refractivity (Wildman–Crippen MR) is 50.3 cm³/mol. The number of hydrogen-bond acceptors (Lipinski definition) is 4. The summed E-state index contributed by atoms with van der Waals surface area (Å²) < 4.78 is 0. The van der Waals surface area contributed by atoms with Gasteiger partial charge in [-0.15, -0.1) is 0 Å². The standard InChI is InChI=1S/C8H10N4O2/c1-8-5(9-4-10-8)11(2)7(14)12(3)6(8)13/h4H,1-3H3. The highest BCUT2D eigenvalue weighted by molar-refractivity contribution is 6.26. The maximum atomic E-state index is 11.8. The fourth-order valence-corrected chi connectivity index (χ4v) is 1.68. The number of aliphatic imine (C=N–C) groups is 2. The highest BCUT2D eigenvalue weighted by Crippen LogP contribution is 2.26. The largest absolute Gasteiger partial charge is 0.331 e. The molecule has 2 heterocycles. The molecule has 3 amide bonds. The number of amidine groups is 1. The molecule has 0 spiro atoms. The van der Waals surface area contributed by atoms with Crippen LogP contribution in [0.4, 0.5) is 4.79 Å². The SMILES string of the molecule is CN1C(=O)N(C)C2=NC=NC2(C)C1=O. The molecule has 74 valence electrons. The monoisotopic (exact) mass is 194 g/mol. The number of carbonyl (C=O) groups excluding carboxylic acids is 2. The quantitative estimate of drug-likeness (QED) is 0.531. The Hall–Kier alpha value is -1.72. The molecule has 1 unspecified atom stereocenters. The maximum absolute atomic E-state index is 11.8. The molecule has 0 bridgehead atoms. The van der Waals surface area contributed by atoms with Gasteiger partial charge < -0.3 is 0 Å². The van der Waals surface area contributed by atoms with E-state index in [1.165, 1.54) is 18.3 Å². The van der Waals surface area contributed by atoms with E-state index in [-0.39, 0.29) is 11.9 Å². The van der Waals surface area contributed by atoms with Gasteiger partial charge in [0.25, 0.3) is 5.91 Å². The van der Waals surface area contributed by atoms with Crippen molar-refractivity contribution in [2.75, 3.05) is 14.1 Å². The molecule has 0 aromatic heterocycles. The van der Waals surface area contributed by atoms with Crippen LogP contribution in [-0.2, 0) is 4.79 Å². The Bertz CT molecular complexity index is 387. The van der Waals surface area contributed by atoms with Gasteiger partial charge in [0.05, 0.1) is 0 Å². The van der Waals surface area contributed by atoms with Crippen molar-refractivity contribution in [2.45, 2.75) is 12.5 Å². The van der Waals surface area contributed by atoms with Gasteiger partial charge in [0, 0.05) is 14.1 Å². The van der Waals surface area contributed by atoms with Crippen molar-refractivity contribution < 1.29 is 9.59 Å². The summed E-state index contributed by atoms with van der Waals surface area (Å²) in [5, 5.41) is 0. The van der Waals surface area contributed by atoms with Gasteiger partial charge in [-0.05, 0) is 6.92 Å². The summed E-state index contributed by atoms with van der Waals surface area (Å²) in [4.78, 5) is 33.6. The lowest BCUT2D eigenvalue weighted by atomic mass is 9.97. The van der Waals surface area contributed by atoms with Crippen LogP contribution >= 0.6 is 0 Å². The molecular weight excluding hydrogens is 184 g/mol. The molecule has 1 fully saturated rings. The molecule has 0 radical (unpaired) electrons. The van der Waals surface area contributed by atoms with E-state index in [0.29, 0.717) is 5.84 Å². The van der Waals surface area contributed by atoms with Gasteiger partial charge in [-0.2, -0.15) is 0 Å². The molecule has 1 saturated heterocycles. The molecule has 0 N–H and O–H groups in total. The van der Waals surface area contributed by atoms with E-state index < -0.39 is 5.54 Å². The normalized spacial score (nSPS) is 30.9. The number of likely N-dealkylation sites (N-methyl/N-ethyl adjacent to an activating group) is 2. The van der Waals surface area contributed by atoms with E-state index >= 15 is 0 Å². The zero-order chi connectivity index (χ0) is 10.5. The predicted octanol–water partition coefficient (Wildman–Crippen LogP) is -0.291. The average molecular weight is 194 g/mol. The van der Waals surface area contributed by atoms with E-state index in [4.69, 9.17) is 0 Å². The van der Waals surface area contributed by atoms with Gasteiger partial charge >= 0.3 is 6.03 Å². The summed E-state index contributed by atoms with van der Waals surface area (Å²) in [7, 11) is 3.02. The lowest BCUT2D eigenvalue weighted by Crippen LogP contribution is -2.63. The van der Waals surface area contributed by atoms with E-state index in [9.17, 15) is 9.59 Å². The van der Waals surface area contributed by atoms with Crippen LogP contribution in [0.3, 0.4) is 0 Å². The third kappa shape index (κ3) is 0.799. The van der Waals surface area contributed by atoms with Gasteiger partial charge in [-0.1, -0.05) is 0 Å². The Kier molecular flexibility index (Phi) is 1.52. The first-order valence-corrected chi connectivity index (χ1v) is 4.16. The Morgan fingerprint density at radius 2 is 1.93 bits per heavy atom. The lowest BCUT2D eigenvalue weighted by molar-refractivity contribution is -0.131. The molecule has 14 heavy (non-hydrogen) atoms. The number of fused-ring (bicyclic) bond motifs is 1. The van der Waals surface area contributed by atoms with E-state index in [1.54, 1.807) is 14.0 Å². The van der Waals surface area contributed by atoms with Crippen molar-refractivity contribution in [3.8, 4) is 0 Å². The Morgan fingerprint density at radius 1 is 1.29 bits per heavy atom. The third-order valence-electron chi connectivity index (χ3n) is 2.54. The number of carbonyl (C=O) groups is 2. The van der Waals surface area contributed by atoms with Gasteiger partial charge in [0.1, 0.15) is 6.34 Å². The molecule has 2 rings (SSSR count). The Morgan fingerprint density at radius 3 is 2.57 bits per heavy atom. The van der Waals surface area contributed by atoms with Gasteiger partial charge in [-0.3, -0.25) is 14.6 Å². The summed E-state index contributed by atoms with van der Waals surface area (Å²) in [6.45, 7) is 1.65. The first-order chi connectivity index (χ1) is 6.48. The second-order valence-corrected chi connectivity index (χ2v) is 3.48. The van der Waals surface area contributed by atoms with E-state index in [0.717, 1.165) is 4.90 Å². The van der Waals surface area contributed by atoms with Crippen LogP contribution in [0.15, 0.2) is 9.98 Å². The first kappa shape index (κ1) is 8.86. The summed E-state index contributed by atoms with van der Waals surface area (Å²) in [6, 6.07) is -0.378. The number of hydrogen-bond donors (Lipinski definition) is 0. The minimum Gasteiger partial charge on any atom is -0.282 e. The van der Waals surface area contributed by atoms with Gasteiger partial charge in [0.2, 0.25) is 0 Å². The van der Waals surface area contributed by atoms with Crippen molar-refractivity contribution in [2.24, 2.45) is 9.98 Å². The van der Waals surface area contributed by atoms with Crippen molar-refractivity contribution in [3.63, 3.8) is 0 Å². The lowest BCUT2D eigenvalue weighted by Gasteiger charge is -2.37. The smallest absolute Gasteiger partial charge is 0.282 e. The fourth-order valence-electron chi connectivity index (χ4n) is 1.68. The van der Waals surface area contributed by atoms with E-state index in [2.05, 4.69) is 9.98 Å². The number of amides is 3. The minimum absolute atomic E-state index is 0.340. The molecule has 0 aromatic carbocycles. The summed E-state index contributed by atoms with van der Waals surface area (Å²) in [5.41, 5.74) is -1.02. The average Bonchev–Trinajstić information content (AvgIpc) is 2.55. The second-order valence-electron chi connectivity index (χ2n) is 3.48. The van der Waals surface area contributed by atoms with Crippen LogP contribution in [-0.4, -0.2) is 53.5 Å². The summed E-state index contributed by atoms with van der Waals surface area (Å²) >= 11 is 0. The van der Waals surface area contributed by atoms with Crippen LogP contribution in [0.25, 0.3) is 0 Å². The number of urea groups is 1. The van der Waals surface area contributed by atoms with Crippen LogP contribution in [0.2, 0.25) is 0 Å². The number of imide groups is 1. The molecule has 2 aliphatic heterocycles. The summed E-state index contributed by atoms with van der Waals surface area (Å²) in [6.07, 6.45) is 1.32. The van der Waals surface area contributed by atoms with Crippen LogP contribution in [0, 0.1) is 0 Å². The van der Waals surface area contributed by atoms with Gasteiger partial charge in [0.15, 0.2) is 11.4 Å². The molecule has 2 aliphatic rings. The molecule has 6 nitrogen and oxygen atoms in total. The zero-order valence-electron chi connectivity index (χ0n) is 8.18. The molecule has 1 atom stereocenters. The van der Waals surface area contributed by atoms with Crippen molar-refractivity contribution in [3.05, 3.63) is 0 Å². The molecule has 6 heteroatoms. The van der Waals surface area contributed by atoms with Crippen molar-refractivity contribution in [1.29, 1.82) is 0 Å². The van der Waals surface area contributed by atoms with Crippen molar-refractivity contribution >= 4 is 24.1 Å². The minimum atomic E-state index is -1.02. The first-order valence-electron chi connectivity index (χ1n) is 4.16. The fraction of sp³-hybridized carbons (Fsp3) is 0.500. The molecule has 0 aromatic rings. The van der Waals surface area contributed by atoms with E-state index in [1.807, 2.05) is 0 Å². The molecular formula is C8H10N4O2. The summed E-state index contributed by atoms with van der Waals surface area (Å²) in [5.74, 6) is 0.0544. The Labute approximate surface area is 80.9 Å². The van der Waals surface area contributed by atoms with Crippen LogP contribution in [0.5, 0.6) is 0 Å². The number of rotatable bonds is 0. The highest BCUT2D eigenvalue weighted by Gasteiger charge is 2.51. The van der Waals surface area contributed by atoms with Crippen LogP contribution in [0.1, 0.15) is 6.92 Å². The van der Waals surface area contributed by atoms with Crippen LogP contribution < -0.4 is 0 Å². The molecule has 0 aliphatic carbocycles. The van der Waals surface area contributed by atoms with Crippen molar-refractivity contribution in [1.82, 2.24) is 9.80 Å². The van der Waals surface area contributed by atoms with Gasteiger partial charge in [-0.25, -0.2) is 14.8 Å². The number of nitrogens with zero attached hydrogens (tertiary/aromatic N) is 4.